The van der Waals surface area contributed by atoms with E-state index in [0.29, 0.717) is 41.4 Å². The van der Waals surface area contributed by atoms with E-state index in [2.05, 4.69) is 58.9 Å². The van der Waals surface area contributed by atoms with Gasteiger partial charge in [0, 0.05) is 23.7 Å². The molecular formula is C27H42O3. The molecule has 168 valence electrons. The standard InChI is InChI=1S/C27H42O3/c1-6-18(2)7-8-19(3)21-9-10-22-24(21,4)13-12-23-25(5)14-11-20(28)17-26(25)15-16-27(22,23)30-29-26/h7-8,15-16,18-23,28H,6,9-14,17H2,1-5H3/b8-7+/t18?,19-,20+,21-,22?,23?,24-,25-,26-,27+/m1/s1. The molecule has 0 amide bonds. The van der Waals surface area contributed by atoms with Crippen LogP contribution >= 0.6 is 0 Å². The molecule has 30 heavy (non-hydrogen) atoms. The molecule has 1 saturated heterocycles. The molecular weight excluding hydrogens is 372 g/mol. The highest BCUT2D eigenvalue weighted by Crippen LogP contribution is 2.72. The van der Waals surface area contributed by atoms with Gasteiger partial charge < -0.3 is 5.11 Å². The Labute approximate surface area is 183 Å². The Balaban J connectivity index is 1.47. The van der Waals surface area contributed by atoms with Gasteiger partial charge in [-0.2, -0.15) is 0 Å². The van der Waals surface area contributed by atoms with E-state index in [4.69, 9.17) is 9.78 Å². The normalized spacial score (nSPS) is 53.9. The van der Waals surface area contributed by atoms with E-state index in [1.54, 1.807) is 0 Å². The quantitative estimate of drug-likeness (QED) is 0.438. The van der Waals surface area contributed by atoms with Crippen molar-refractivity contribution in [3.8, 4) is 0 Å². The van der Waals surface area contributed by atoms with Crippen LogP contribution in [-0.2, 0) is 9.78 Å². The van der Waals surface area contributed by atoms with E-state index in [1.165, 1.54) is 32.1 Å². The summed E-state index contributed by atoms with van der Waals surface area (Å²) in [5, 5.41) is 10.4. The molecule has 1 N–H and O–H groups in total. The molecule has 4 fully saturated rings. The van der Waals surface area contributed by atoms with Crippen LogP contribution < -0.4 is 0 Å². The molecule has 0 aromatic rings. The van der Waals surface area contributed by atoms with Gasteiger partial charge in [-0.3, -0.25) is 0 Å². The molecule has 6 rings (SSSR count). The van der Waals surface area contributed by atoms with E-state index in [0.717, 1.165) is 12.8 Å². The van der Waals surface area contributed by atoms with Crippen molar-refractivity contribution in [3.05, 3.63) is 24.3 Å². The summed E-state index contributed by atoms with van der Waals surface area (Å²) in [5.41, 5.74) is -0.345. The summed E-state index contributed by atoms with van der Waals surface area (Å²) in [6.45, 7) is 12.0. The first kappa shape index (κ1) is 21.2. The molecule has 6 aliphatic rings. The van der Waals surface area contributed by atoms with Gasteiger partial charge in [-0.25, -0.2) is 9.78 Å². The Morgan fingerprint density at radius 3 is 2.50 bits per heavy atom. The first-order valence-corrected chi connectivity index (χ1v) is 12.6. The van der Waals surface area contributed by atoms with E-state index in [9.17, 15) is 5.11 Å². The van der Waals surface area contributed by atoms with Crippen LogP contribution in [0.3, 0.4) is 0 Å². The highest BCUT2D eigenvalue weighted by Gasteiger charge is 2.74. The van der Waals surface area contributed by atoms with Crippen LogP contribution in [0, 0.1) is 40.4 Å². The molecule has 3 heteroatoms. The van der Waals surface area contributed by atoms with E-state index in [-0.39, 0.29) is 17.1 Å². The van der Waals surface area contributed by atoms with Crippen molar-refractivity contribution < 1.29 is 14.9 Å². The highest BCUT2D eigenvalue weighted by atomic mass is 17.2. The van der Waals surface area contributed by atoms with Crippen molar-refractivity contribution in [1.29, 1.82) is 0 Å². The number of aliphatic hydroxyl groups is 1. The van der Waals surface area contributed by atoms with Crippen molar-refractivity contribution in [2.24, 2.45) is 40.4 Å². The summed E-state index contributed by atoms with van der Waals surface area (Å²) >= 11 is 0. The molecule has 10 atom stereocenters. The van der Waals surface area contributed by atoms with Gasteiger partial charge in [0.2, 0.25) is 0 Å². The first-order chi connectivity index (χ1) is 14.2. The van der Waals surface area contributed by atoms with E-state index in [1.807, 2.05) is 0 Å². The van der Waals surface area contributed by atoms with Gasteiger partial charge in [0.15, 0.2) is 0 Å². The first-order valence-electron chi connectivity index (χ1n) is 12.6. The van der Waals surface area contributed by atoms with Crippen LogP contribution in [0.2, 0.25) is 0 Å². The monoisotopic (exact) mass is 414 g/mol. The average Bonchev–Trinajstić information content (AvgIpc) is 3.09. The molecule has 3 unspecified atom stereocenters. The van der Waals surface area contributed by atoms with E-state index < -0.39 is 5.60 Å². The van der Waals surface area contributed by atoms with Crippen molar-refractivity contribution >= 4 is 0 Å². The predicted octanol–water partition coefficient (Wildman–Crippen LogP) is 6.23. The molecule has 0 aromatic carbocycles. The van der Waals surface area contributed by atoms with Crippen LogP contribution in [0.5, 0.6) is 0 Å². The lowest BCUT2D eigenvalue weighted by atomic mass is 9.43. The second kappa shape index (κ2) is 6.93. The van der Waals surface area contributed by atoms with Gasteiger partial charge in [-0.15, -0.1) is 0 Å². The minimum atomic E-state index is -0.435. The summed E-state index contributed by atoms with van der Waals surface area (Å²) in [4.78, 5) is 12.7. The summed E-state index contributed by atoms with van der Waals surface area (Å²) in [7, 11) is 0. The summed E-state index contributed by atoms with van der Waals surface area (Å²) in [6, 6.07) is 0. The maximum atomic E-state index is 10.4. The smallest absolute Gasteiger partial charge is 0.130 e. The fourth-order valence-electron chi connectivity index (χ4n) is 8.64. The van der Waals surface area contributed by atoms with Gasteiger partial charge in [0.1, 0.15) is 11.2 Å². The van der Waals surface area contributed by atoms with Crippen molar-refractivity contribution in [2.45, 2.75) is 103 Å². The van der Waals surface area contributed by atoms with Crippen molar-refractivity contribution in [2.75, 3.05) is 0 Å². The van der Waals surface area contributed by atoms with E-state index >= 15 is 0 Å². The van der Waals surface area contributed by atoms with Crippen LogP contribution in [-0.4, -0.2) is 22.4 Å². The van der Waals surface area contributed by atoms with Gasteiger partial charge in [-0.1, -0.05) is 59.3 Å². The Hall–Kier alpha value is -0.640. The number of fused-ring (bicyclic) bond motifs is 2. The number of hydrogen-bond acceptors (Lipinski definition) is 3. The molecule has 2 bridgehead atoms. The molecule has 3 nitrogen and oxygen atoms in total. The van der Waals surface area contributed by atoms with Crippen molar-refractivity contribution in [1.82, 2.24) is 0 Å². The maximum Gasteiger partial charge on any atom is 0.130 e. The third-order valence-electron chi connectivity index (χ3n) is 10.7. The van der Waals surface area contributed by atoms with Crippen molar-refractivity contribution in [3.63, 3.8) is 0 Å². The SMILES string of the molecule is CCC(C)/C=C/[C@@H](C)[C@H]1CCC2[C@@]34C=C[C@]5(C[C@@H](O)CC[C@]5(C)C3CC[C@@]21C)OO4. The van der Waals surface area contributed by atoms with Crippen LogP contribution in [0.25, 0.3) is 0 Å². The lowest BCUT2D eigenvalue weighted by molar-refractivity contribution is -0.497. The Morgan fingerprint density at radius 2 is 1.80 bits per heavy atom. The topological polar surface area (TPSA) is 38.7 Å². The zero-order valence-electron chi connectivity index (χ0n) is 19.7. The maximum absolute atomic E-state index is 10.4. The lowest BCUT2D eigenvalue weighted by Gasteiger charge is -2.69. The molecule has 2 spiro atoms. The van der Waals surface area contributed by atoms with Gasteiger partial charge in [-0.05, 0) is 67.8 Å². The molecule has 2 aliphatic heterocycles. The summed E-state index contributed by atoms with van der Waals surface area (Å²) in [6.07, 6.45) is 18.2. The second-order valence-electron chi connectivity index (χ2n) is 12.0. The lowest BCUT2D eigenvalue weighted by Crippen LogP contribution is -2.73. The molecule has 0 aromatic heterocycles. The average molecular weight is 415 g/mol. The molecule has 3 saturated carbocycles. The van der Waals surface area contributed by atoms with Gasteiger partial charge in [0.05, 0.1) is 6.10 Å². The third kappa shape index (κ3) is 2.61. The second-order valence-corrected chi connectivity index (χ2v) is 12.0. The Bertz CT molecular complexity index is 744. The number of hydrogen-bond donors (Lipinski definition) is 1. The minimum Gasteiger partial charge on any atom is -0.393 e. The zero-order chi connectivity index (χ0) is 21.4. The molecule has 4 aliphatic carbocycles. The van der Waals surface area contributed by atoms with Crippen LogP contribution in [0.4, 0.5) is 0 Å². The molecule has 0 radical (unpaired) electrons. The van der Waals surface area contributed by atoms with Gasteiger partial charge >= 0.3 is 0 Å². The number of rotatable bonds is 4. The van der Waals surface area contributed by atoms with Gasteiger partial charge in [0.25, 0.3) is 0 Å². The summed E-state index contributed by atoms with van der Waals surface area (Å²) < 4.78 is 0. The Morgan fingerprint density at radius 1 is 1.00 bits per heavy atom. The fraction of sp³-hybridized carbons (Fsp3) is 0.852. The summed E-state index contributed by atoms with van der Waals surface area (Å²) in [5.74, 6) is 3.01. The third-order valence-corrected chi connectivity index (χ3v) is 10.7. The highest BCUT2D eigenvalue weighted by molar-refractivity contribution is 5.33. The minimum absolute atomic E-state index is 0.0702. The number of aliphatic hydroxyl groups excluding tert-OH is 1. The van der Waals surface area contributed by atoms with Crippen LogP contribution in [0.1, 0.15) is 86.0 Å². The zero-order valence-corrected chi connectivity index (χ0v) is 19.7. The fourth-order valence-corrected chi connectivity index (χ4v) is 8.64. The predicted molar refractivity (Wildman–Crippen MR) is 120 cm³/mol. The molecule has 2 heterocycles. The Kier molecular flexibility index (Phi) is 4.90. The largest absolute Gasteiger partial charge is 0.393 e. The number of allylic oxidation sites excluding steroid dienone is 2. The van der Waals surface area contributed by atoms with Crippen LogP contribution in [0.15, 0.2) is 24.3 Å².